The Bertz CT molecular complexity index is 415. The number of hydrogen-bond donors (Lipinski definition) is 2. The van der Waals surface area contributed by atoms with Gasteiger partial charge in [0.15, 0.2) is 0 Å². The van der Waals surface area contributed by atoms with Crippen LogP contribution in [0, 0.1) is 0 Å². The van der Waals surface area contributed by atoms with Gasteiger partial charge in [-0.05, 0) is 31.7 Å². The van der Waals surface area contributed by atoms with Crippen molar-refractivity contribution in [2.75, 3.05) is 6.61 Å². The lowest BCUT2D eigenvalue weighted by molar-refractivity contribution is -0.124. The van der Waals surface area contributed by atoms with Crippen LogP contribution in [0.15, 0.2) is 30.3 Å². The van der Waals surface area contributed by atoms with E-state index in [0.717, 1.165) is 25.0 Å². The summed E-state index contributed by atoms with van der Waals surface area (Å²) in [5.41, 5.74) is 0.882. The molecule has 0 radical (unpaired) electrons. The molecule has 0 saturated carbocycles. The van der Waals surface area contributed by atoms with Crippen molar-refractivity contribution in [2.24, 2.45) is 0 Å². The molecule has 1 aromatic carbocycles. The number of ether oxygens (including phenoxy) is 1. The van der Waals surface area contributed by atoms with Crippen LogP contribution in [0.2, 0.25) is 0 Å². The van der Waals surface area contributed by atoms with E-state index in [1.54, 1.807) is 0 Å². The second-order valence-electron chi connectivity index (χ2n) is 5.47. The van der Waals surface area contributed by atoms with Crippen LogP contribution in [0.1, 0.15) is 44.3 Å². The van der Waals surface area contributed by atoms with Crippen LogP contribution in [-0.4, -0.2) is 29.8 Å². The average Bonchev–Trinajstić information content (AvgIpc) is 2.92. The van der Waals surface area contributed by atoms with Crippen molar-refractivity contribution >= 4 is 5.91 Å². The molecule has 110 valence electrons. The Morgan fingerprint density at radius 1 is 1.45 bits per heavy atom. The van der Waals surface area contributed by atoms with E-state index in [-0.39, 0.29) is 18.1 Å². The minimum Gasteiger partial charge on any atom is -0.388 e. The summed E-state index contributed by atoms with van der Waals surface area (Å²) in [6.07, 6.45) is 2.47. The van der Waals surface area contributed by atoms with E-state index in [2.05, 4.69) is 5.32 Å². The number of rotatable bonds is 6. The summed E-state index contributed by atoms with van der Waals surface area (Å²) in [5, 5.41) is 13.0. The van der Waals surface area contributed by atoms with Crippen LogP contribution in [-0.2, 0) is 9.53 Å². The third-order valence-corrected chi connectivity index (χ3v) is 3.61. The lowest BCUT2D eigenvalue weighted by atomic mass is 10.0. The molecule has 0 unspecified atom stereocenters. The van der Waals surface area contributed by atoms with Gasteiger partial charge in [0, 0.05) is 12.6 Å². The average molecular weight is 277 g/mol. The van der Waals surface area contributed by atoms with Gasteiger partial charge in [-0.1, -0.05) is 30.3 Å². The maximum atomic E-state index is 11.9. The van der Waals surface area contributed by atoms with Crippen LogP contribution in [0.4, 0.5) is 0 Å². The highest BCUT2D eigenvalue weighted by molar-refractivity contribution is 5.76. The van der Waals surface area contributed by atoms with Crippen molar-refractivity contribution in [3.05, 3.63) is 35.9 Å². The minimum atomic E-state index is -0.547. The fourth-order valence-corrected chi connectivity index (χ4v) is 2.55. The lowest BCUT2D eigenvalue weighted by Gasteiger charge is -2.19. The van der Waals surface area contributed by atoms with E-state index in [9.17, 15) is 9.90 Å². The summed E-state index contributed by atoms with van der Waals surface area (Å²) in [6, 6.07) is 9.46. The zero-order valence-corrected chi connectivity index (χ0v) is 11.9. The van der Waals surface area contributed by atoms with Crippen molar-refractivity contribution in [3.63, 3.8) is 0 Å². The molecular formula is C16H23NO3. The SMILES string of the molecule is C[C@H](C[C@H](O)c1ccccc1)NC(=O)C[C@H]1CCCO1. The van der Waals surface area contributed by atoms with Gasteiger partial charge < -0.3 is 15.2 Å². The highest BCUT2D eigenvalue weighted by Crippen LogP contribution is 2.18. The van der Waals surface area contributed by atoms with E-state index < -0.39 is 6.10 Å². The zero-order chi connectivity index (χ0) is 14.4. The largest absolute Gasteiger partial charge is 0.388 e. The fraction of sp³-hybridized carbons (Fsp3) is 0.562. The van der Waals surface area contributed by atoms with Crippen LogP contribution >= 0.6 is 0 Å². The van der Waals surface area contributed by atoms with Crippen LogP contribution in [0.5, 0.6) is 0 Å². The van der Waals surface area contributed by atoms with E-state index in [1.807, 2.05) is 37.3 Å². The number of carbonyl (C=O) groups excluding carboxylic acids is 1. The first-order valence-corrected chi connectivity index (χ1v) is 7.29. The second-order valence-corrected chi connectivity index (χ2v) is 5.47. The summed E-state index contributed by atoms with van der Waals surface area (Å²) in [7, 11) is 0. The highest BCUT2D eigenvalue weighted by atomic mass is 16.5. The first-order chi connectivity index (χ1) is 9.65. The van der Waals surface area contributed by atoms with Gasteiger partial charge in [0.1, 0.15) is 0 Å². The van der Waals surface area contributed by atoms with Crippen LogP contribution in [0.25, 0.3) is 0 Å². The number of aliphatic hydroxyl groups is 1. The second kappa shape index (κ2) is 7.41. The van der Waals surface area contributed by atoms with Crippen molar-refractivity contribution in [3.8, 4) is 0 Å². The van der Waals surface area contributed by atoms with Gasteiger partial charge in [0.25, 0.3) is 0 Å². The van der Waals surface area contributed by atoms with Gasteiger partial charge in [-0.3, -0.25) is 4.79 Å². The topological polar surface area (TPSA) is 58.6 Å². The number of aliphatic hydroxyl groups excluding tert-OH is 1. The molecule has 0 aliphatic carbocycles. The van der Waals surface area contributed by atoms with Crippen molar-refractivity contribution in [2.45, 2.75) is 50.9 Å². The molecule has 1 saturated heterocycles. The summed E-state index contributed by atoms with van der Waals surface area (Å²) < 4.78 is 5.45. The Morgan fingerprint density at radius 3 is 2.85 bits per heavy atom. The molecule has 0 bridgehead atoms. The third kappa shape index (κ3) is 4.62. The Hall–Kier alpha value is -1.39. The Balaban J connectivity index is 1.74. The molecule has 0 aromatic heterocycles. The van der Waals surface area contributed by atoms with Gasteiger partial charge in [0.2, 0.25) is 5.91 Å². The summed E-state index contributed by atoms with van der Waals surface area (Å²) >= 11 is 0. The molecule has 1 fully saturated rings. The molecule has 4 heteroatoms. The van der Waals surface area contributed by atoms with E-state index in [4.69, 9.17) is 4.74 Å². The summed E-state index contributed by atoms with van der Waals surface area (Å²) in [6.45, 7) is 2.68. The number of amides is 1. The van der Waals surface area contributed by atoms with Crippen molar-refractivity contribution in [1.82, 2.24) is 5.32 Å². The number of benzene rings is 1. The summed E-state index contributed by atoms with van der Waals surface area (Å²) in [4.78, 5) is 11.9. The number of carbonyl (C=O) groups is 1. The number of nitrogens with one attached hydrogen (secondary N) is 1. The predicted molar refractivity (Wildman–Crippen MR) is 77.2 cm³/mol. The normalized spacial score (nSPS) is 21.4. The molecule has 4 nitrogen and oxygen atoms in total. The molecule has 1 amide bonds. The number of hydrogen-bond acceptors (Lipinski definition) is 3. The monoisotopic (exact) mass is 277 g/mol. The maximum absolute atomic E-state index is 11.9. The molecular weight excluding hydrogens is 254 g/mol. The van der Waals surface area contributed by atoms with E-state index in [1.165, 1.54) is 0 Å². The fourth-order valence-electron chi connectivity index (χ4n) is 2.55. The molecule has 3 atom stereocenters. The van der Waals surface area contributed by atoms with Crippen molar-refractivity contribution < 1.29 is 14.6 Å². The standard InChI is InChI=1S/C16H23NO3/c1-12(10-15(18)13-6-3-2-4-7-13)17-16(19)11-14-8-5-9-20-14/h2-4,6-7,12,14-15,18H,5,8-11H2,1H3,(H,17,19)/t12-,14-,15+/m1/s1. The predicted octanol–water partition coefficient (Wildman–Crippen LogP) is 2.18. The quantitative estimate of drug-likeness (QED) is 0.838. The van der Waals surface area contributed by atoms with Crippen LogP contribution < -0.4 is 5.32 Å². The van der Waals surface area contributed by atoms with E-state index >= 15 is 0 Å². The molecule has 20 heavy (non-hydrogen) atoms. The Labute approximate surface area is 120 Å². The molecule has 1 aromatic rings. The molecule has 0 spiro atoms. The van der Waals surface area contributed by atoms with Gasteiger partial charge in [-0.2, -0.15) is 0 Å². The molecule has 1 heterocycles. The maximum Gasteiger partial charge on any atom is 0.222 e. The Kier molecular flexibility index (Phi) is 5.56. The van der Waals surface area contributed by atoms with E-state index in [0.29, 0.717) is 12.8 Å². The van der Waals surface area contributed by atoms with Crippen LogP contribution in [0.3, 0.4) is 0 Å². The lowest BCUT2D eigenvalue weighted by Crippen LogP contribution is -2.35. The van der Waals surface area contributed by atoms with Gasteiger partial charge in [-0.15, -0.1) is 0 Å². The summed E-state index contributed by atoms with van der Waals surface area (Å²) in [5.74, 6) is 0.00432. The molecule has 1 aliphatic rings. The molecule has 2 rings (SSSR count). The smallest absolute Gasteiger partial charge is 0.222 e. The van der Waals surface area contributed by atoms with Gasteiger partial charge in [0.05, 0.1) is 18.6 Å². The first kappa shape index (κ1) is 15.0. The zero-order valence-electron chi connectivity index (χ0n) is 11.9. The van der Waals surface area contributed by atoms with Crippen molar-refractivity contribution in [1.29, 1.82) is 0 Å². The molecule has 2 N–H and O–H groups in total. The minimum absolute atomic E-state index is 0.00432. The first-order valence-electron chi connectivity index (χ1n) is 7.29. The van der Waals surface area contributed by atoms with Gasteiger partial charge in [-0.25, -0.2) is 0 Å². The highest BCUT2D eigenvalue weighted by Gasteiger charge is 2.20. The van der Waals surface area contributed by atoms with Gasteiger partial charge >= 0.3 is 0 Å². The molecule has 1 aliphatic heterocycles. The third-order valence-electron chi connectivity index (χ3n) is 3.61. The Morgan fingerprint density at radius 2 is 2.20 bits per heavy atom.